The zero-order valence-corrected chi connectivity index (χ0v) is 13.0. The van der Waals surface area contributed by atoms with E-state index >= 15 is 0 Å². The topological polar surface area (TPSA) is 12.5 Å². The molecule has 0 spiro atoms. The summed E-state index contributed by atoms with van der Waals surface area (Å²) in [5.41, 5.74) is 0.985. The molecular weight excluding hydrogens is 226 g/mol. The van der Waals surface area contributed by atoms with Gasteiger partial charge in [-0.3, -0.25) is 0 Å². The minimum atomic E-state index is -0.443. The lowest BCUT2D eigenvalue weighted by Gasteiger charge is -2.24. The summed E-state index contributed by atoms with van der Waals surface area (Å²) in [5.74, 6) is 0.944. The Labute approximate surface area is 107 Å². The van der Waals surface area contributed by atoms with Crippen LogP contribution < -0.4 is 4.74 Å². The van der Waals surface area contributed by atoms with Gasteiger partial charge in [-0.15, -0.1) is 0 Å². The molecule has 0 amide bonds. The van der Waals surface area contributed by atoms with Crippen LogP contribution in [0.4, 0.5) is 0 Å². The summed E-state index contributed by atoms with van der Waals surface area (Å²) >= 11 is 0. The lowest BCUT2D eigenvalue weighted by atomic mass is 10.1. The quantitative estimate of drug-likeness (QED) is 0.760. The summed E-state index contributed by atoms with van der Waals surface area (Å²) < 4.78 is 8.22. The van der Waals surface area contributed by atoms with Crippen molar-refractivity contribution in [3.63, 3.8) is 0 Å². The van der Waals surface area contributed by atoms with Crippen molar-refractivity contribution in [2.75, 3.05) is 14.1 Å². The van der Waals surface area contributed by atoms with Crippen molar-refractivity contribution in [1.29, 1.82) is 0 Å². The van der Waals surface area contributed by atoms with Crippen molar-refractivity contribution in [3.05, 3.63) is 36.4 Å². The molecule has 0 N–H and O–H groups in total. The largest absolute Gasteiger partial charge is 0.488 e. The van der Waals surface area contributed by atoms with Gasteiger partial charge in [-0.2, -0.15) is 0 Å². The van der Waals surface area contributed by atoms with Crippen LogP contribution >= 0.6 is 0 Å². The molecule has 0 atom stereocenters. The zero-order valence-electron chi connectivity index (χ0n) is 11.6. The van der Waals surface area contributed by atoms with Gasteiger partial charge in [-0.1, -0.05) is 24.8 Å². The maximum absolute atomic E-state index is 5.98. The zero-order chi connectivity index (χ0) is 13.1. The molecule has 0 heterocycles. The lowest BCUT2D eigenvalue weighted by Crippen LogP contribution is -2.24. The number of para-hydroxylation sites is 1. The molecule has 1 rings (SSSR count). The van der Waals surface area contributed by atoms with Gasteiger partial charge in [0.25, 0.3) is 0 Å². The molecule has 94 valence electrons. The number of hydrogen-bond acceptors (Lipinski definition) is 2. The molecule has 0 aliphatic carbocycles. The molecule has 17 heavy (non-hydrogen) atoms. The first-order valence-electron chi connectivity index (χ1n) is 5.90. The van der Waals surface area contributed by atoms with Crippen molar-refractivity contribution in [2.45, 2.75) is 26.4 Å². The van der Waals surface area contributed by atoms with E-state index in [1.807, 2.05) is 18.2 Å². The molecule has 2 nitrogen and oxygen atoms in total. The van der Waals surface area contributed by atoms with E-state index in [2.05, 4.69) is 52.1 Å². The Balaban J connectivity index is 2.95. The Morgan fingerprint density at radius 3 is 2.35 bits per heavy atom. The van der Waals surface area contributed by atoms with Crippen LogP contribution in [0.15, 0.2) is 30.8 Å². The first kappa shape index (κ1) is 14.0. The van der Waals surface area contributed by atoms with Crippen molar-refractivity contribution >= 4 is 14.9 Å². The van der Waals surface area contributed by atoms with E-state index in [1.54, 1.807) is 0 Å². The van der Waals surface area contributed by atoms with Gasteiger partial charge in [-0.05, 0) is 46.1 Å². The fraction of sp³-hybridized carbons (Fsp3) is 0.429. The maximum atomic E-state index is 5.98. The van der Waals surface area contributed by atoms with E-state index < -0.39 is 9.68 Å². The minimum absolute atomic E-state index is 0.171. The van der Waals surface area contributed by atoms with Crippen molar-refractivity contribution in [1.82, 2.24) is 4.57 Å². The second-order valence-electron chi connectivity index (χ2n) is 5.55. The average molecular weight is 249 g/mol. The fourth-order valence-corrected chi connectivity index (χ4v) is 2.87. The van der Waals surface area contributed by atoms with Crippen LogP contribution in [0.25, 0.3) is 5.20 Å². The van der Waals surface area contributed by atoms with Gasteiger partial charge in [-0.25, -0.2) is 0 Å². The lowest BCUT2D eigenvalue weighted by molar-refractivity contribution is 0.130. The molecule has 0 fully saturated rings. The number of ether oxygens (including phenoxy) is 1. The van der Waals surface area contributed by atoms with Crippen molar-refractivity contribution in [2.24, 2.45) is 0 Å². The van der Waals surface area contributed by atoms with Gasteiger partial charge in [0.2, 0.25) is 0 Å². The van der Waals surface area contributed by atoms with E-state index in [0.717, 1.165) is 11.3 Å². The summed E-state index contributed by atoms with van der Waals surface area (Å²) in [6, 6.07) is 8.17. The third kappa shape index (κ3) is 4.75. The van der Waals surface area contributed by atoms with Crippen molar-refractivity contribution < 1.29 is 4.74 Å². The predicted octanol–water partition coefficient (Wildman–Crippen LogP) is 2.48. The van der Waals surface area contributed by atoms with E-state index in [9.17, 15) is 0 Å². The van der Waals surface area contributed by atoms with Gasteiger partial charge < -0.3 is 9.30 Å². The first-order chi connectivity index (χ1) is 7.79. The average Bonchev–Trinajstić information content (AvgIpc) is 2.14. The van der Waals surface area contributed by atoms with Crippen LogP contribution in [0.5, 0.6) is 5.75 Å². The summed E-state index contributed by atoms with van der Waals surface area (Å²) in [6.45, 7) is 10.4. The van der Waals surface area contributed by atoms with E-state index in [0.29, 0.717) is 0 Å². The fourth-order valence-electron chi connectivity index (χ4n) is 1.64. The monoisotopic (exact) mass is 249 g/mol. The second-order valence-corrected chi connectivity index (χ2v) is 7.99. The highest BCUT2D eigenvalue weighted by atomic mass is 28.2. The number of benzene rings is 1. The second kappa shape index (κ2) is 5.51. The Morgan fingerprint density at radius 1 is 1.24 bits per heavy atom. The summed E-state index contributed by atoms with van der Waals surface area (Å²) in [6.07, 6.45) is 0. The number of rotatable bonds is 4. The summed E-state index contributed by atoms with van der Waals surface area (Å²) in [7, 11) is 3.76. The van der Waals surface area contributed by atoms with Gasteiger partial charge in [0, 0.05) is 5.56 Å². The Bertz CT molecular complexity index is 393. The predicted molar refractivity (Wildman–Crippen MR) is 78.1 cm³/mol. The third-order valence-corrected chi connectivity index (χ3v) is 3.59. The van der Waals surface area contributed by atoms with Gasteiger partial charge in [0.15, 0.2) is 0 Å². The molecule has 3 heteroatoms. The molecule has 0 saturated heterocycles. The highest BCUT2D eigenvalue weighted by Crippen LogP contribution is 2.27. The van der Waals surface area contributed by atoms with Crippen LogP contribution in [0, 0.1) is 0 Å². The maximum Gasteiger partial charge on any atom is 0.127 e. The minimum Gasteiger partial charge on any atom is -0.488 e. The molecule has 0 aliphatic heterocycles. The number of hydrogen-bond donors (Lipinski definition) is 0. The van der Waals surface area contributed by atoms with E-state index in [4.69, 9.17) is 4.74 Å². The molecule has 0 saturated carbocycles. The summed E-state index contributed by atoms with van der Waals surface area (Å²) in [5, 5.41) is 1.22. The smallest absolute Gasteiger partial charge is 0.127 e. The van der Waals surface area contributed by atoms with E-state index in [1.165, 1.54) is 5.20 Å². The number of nitrogens with zero attached hydrogens (tertiary/aromatic N) is 1. The van der Waals surface area contributed by atoms with Gasteiger partial charge in [0.05, 0.1) is 0 Å². The molecule has 0 bridgehead atoms. The molecule has 0 unspecified atom stereocenters. The highest BCUT2D eigenvalue weighted by molar-refractivity contribution is 6.58. The Hall–Kier alpha value is -1.06. The summed E-state index contributed by atoms with van der Waals surface area (Å²) in [4.78, 5) is 0. The Morgan fingerprint density at radius 2 is 1.82 bits per heavy atom. The SMILES string of the molecule is C=C([SiH2]N(C)C)c1ccccc1OC(C)(C)C. The molecular formula is C14H23NOSi. The first-order valence-corrected chi connectivity index (χ1v) is 7.24. The molecule has 0 radical (unpaired) electrons. The Kier molecular flexibility index (Phi) is 4.54. The molecule has 0 aromatic heterocycles. The van der Waals surface area contributed by atoms with Crippen LogP contribution in [0.3, 0.4) is 0 Å². The van der Waals surface area contributed by atoms with Crippen LogP contribution in [0.1, 0.15) is 26.3 Å². The van der Waals surface area contributed by atoms with Crippen LogP contribution in [-0.4, -0.2) is 33.9 Å². The normalized spacial score (nSPS) is 12.4. The van der Waals surface area contributed by atoms with Crippen LogP contribution in [0.2, 0.25) is 0 Å². The molecule has 1 aromatic carbocycles. The van der Waals surface area contributed by atoms with Crippen molar-refractivity contribution in [3.8, 4) is 5.75 Å². The third-order valence-electron chi connectivity index (χ3n) is 2.19. The standard InChI is InChI=1S/C14H23NOSi/c1-11(17-15(5)6)12-9-7-8-10-13(12)16-14(2,3)4/h7-10H,1,17H2,2-6H3. The highest BCUT2D eigenvalue weighted by Gasteiger charge is 2.15. The van der Waals surface area contributed by atoms with Gasteiger partial charge >= 0.3 is 0 Å². The van der Waals surface area contributed by atoms with Crippen LogP contribution in [-0.2, 0) is 0 Å². The molecule has 1 aromatic rings. The molecule has 0 aliphatic rings. The van der Waals surface area contributed by atoms with Gasteiger partial charge in [0.1, 0.15) is 21.0 Å². The van der Waals surface area contributed by atoms with E-state index in [-0.39, 0.29) is 5.60 Å².